The third kappa shape index (κ3) is 4.31. The standard InChI is InChI=1S/C21H28N4O3/c1-4-24(5-2)14-20(26)25-10-11-28-19(13-25)18-12-16(21(27)22-3)15-8-6-7-9-17(15)23-18/h6-9,12,19H,4-5,10-11,13-14H2,1-3H3,(H,22,27)/t19-/m1/s1. The highest BCUT2D eigenvalue weighted by Gasteiger charge is 2.28. The number of fused-ring (bicyclic) bond motifs is 1. The molecule has 1 atom stereocenters. The lowest BCUT2D eigenvalue weighted by molar-refractivity contribution is -0.140. The van der Waals surface area contributed by atoms with Crippen LogP contribution in [0.1, 0.15) is 36.0 Å². The van der Waals surface area contributed by atoms with E-state index in [4.69, 9.17) is 9.72 Å². The van der Waals surface area contributed by atoms with Crippen LogP contribution in [0.4, 0.5) is 0 Å². The molecule has 1 aromatic heterocycles. The number of amides is 2. The molecule has 150 valence electrons. The smallest absolute Gasteiger partial charge is 0.251 e. The molecule has 2 heterocycles. The predicted octanol–water partition coefficient (Wildman–Crippen LogP) is 1.84. The number of rotatable bonds is 6. The van der Waals surface area contributed by atoms with E-state index in [1.54, 1.807) is 13.1 Å². The van der Waals surface area contributed by atoms with Gasteiger partial charge in [0, 0.05) is 19.0 Å². The maximum Gasteiger partial charge on any atom is 0.251 e. The first kappa shape index (κ1) is 20.2. The highest BCUT2D eigenvalue weighted by Crippen LogP contribution is 2.26. The first-order chi connectivity index (χ1) is 13.6. The van der Waals surface area contributed by atoms with Gasteiger partial charge in [0.25, 0.3) is 5.91 Å². The molecule has 1 fully saturated rings. The van der Waals surface area contributed by atoms with E-state index in [0.29, 0.717) is 37.5 Å². The van der Waals surface area contributed by atoms with Crippen LogP contribution in [-0.2, 0) is 9.53 Å². The summed E-state index contributed by atoms with van der Waals surface area (Å²) >= 11 is 0. The summed E-state index contributed by atoms with van der Waals surface area (Å²) in [4.78, 5) is 33.7. The number of ether oxygens (including phenoxy) is 1. The molecular formula is C21H28N4O3. The van der Waals surface area contributed by atoms with Gasteiger partial charge in [-0.1, -0.05) is 32.0 Å². The van der Waals surface area contributed by atoms with Gasteiger partial charge in [0.2, 0.25) is 5.91 Å². The fraction of sp³-hybridized carbons (Fsp3) is 0.476. The summed E-state index contributed by atoms with van der Waals surface area (Å²) in [6.07, 6.45) is -0.345. The summed E-state index contributed by atoms with van der Waals surface area (Å²) in [5.74, 6) is -0.0607. The first-order valence-corrected chi connectivity index (χ1v) is 9.80. The molecule has 2 aromatic rings. The molecule has 1 aliphatic heterocycles. The van der Waals surface area contributed by atoms with Crippen LogP contribution in [0.5, 0.6) is 0 Å². The molecule has 1 N–H and O–H groups in total. The second-order valence-electron chi connectivity index (χ2n) is 6.85. The van der Waals surface area contributed by atoms with E-state index in [1.807, 2.05) is 29.2 Å². The zero-order valence-corrected chi connectivity index (χ0v) is 16.8. The number of aromatic nitrogens is 1. The van der Waals surface area contributed by atoms with E-state index in [0.717, 1.165) is 24.0 Å². The summed E-state index contributed by atoms with van der Waals surface area (Å²) in [6.45, 7) is 7.68. The van der Waals surface area contributed by atoms with Gasteiger partial charge in [-0.05, 0) is 25.2 Å². The zero-order valence-electron chi connectivity index (χ0n) is 16.8. The molecule has 0 bridgehead atoms. The number of nitrogens with zero attached hydrogens (tertiary/aromatic N) is 3. The number of para-hydroxylation sites is 1. The van der Waals surface area contributed by atoms with Gasteiger partial charge in [-0.15, -0.1) is 0 Å². The summed E-state index contributed by atoms with van der Waals surface area (Å²) in [5, 5.41) is 3.49. The van der Waals surface area contributed by atoms with E-state index in [-0.39, 0.29) is 17.9 Å². The van der Waals surface area contributed by atoms with Crippen LogP contribution >= 0.6 is 0 Å². The number of nitrogens with one attached hydrogen (secondary N) is 1. The van der Waals surface area contributed by atoms with Crippen molar-refractivity contribution in [2.75, 3.05) is 46.4 Å². The van der Waals surface area contributed by atoms with Gasteiger partial charge in [0.15, 0.2) is 0 Å². The maximum atomic E-state index is 12.7. The highest BCUT2D eigenvalue weighted by molar-refractivity contribution is 6.06. The molecule has 1 saturated heterocycles. The number of benzene rings is 1. The van der Waals surface area contributed by atoms with Gasteiger partial charge in [-0.2, -0.15) is 0 Å². The summed E-state index contributed by atoms with van der Waals surface area (Å²) < 4.78 is 5.92. The number of pyridine rings is 1. The Morgan fingerprint density at radius 2 is 2.04 bits per heavy atom. The maximum absolute atomic E-state index is 12.7. The van der Waals surface area contributed by atoms with Crippen molar-refractivity contribution in [3.8, 4) is 0 Å². The van der Waals surface area contributed by atoms with Crippen LogP contribution in [0, 0.1) is 0 Å². The van der Waals surface area contributed by atoms with Crippen LogP contribution < -0.4 is 5.32 Å². The normalized spacial score (nSPS) is 17.1. The summed E-state index contributed by atoms with van der Waals surface area (Å²) in [7, 11) is 1.61. The minimum atomic E-state index is -0.345. The molecule has 0 aliphatic carbocycles. The SMILES string of the molecule is CCN(CC)CC(=O)N1CCO[C@@H](c2cc(C(=O)NC)c3ccccc3n2)C1. The molecule has 1 aromatic carbocycles. The Morgan fingerprint density at radius 1 is 1.29 bits per heavy atom. The van der Waals surface area contributed by atoms with Gasteiger partial charge in [0.05, 0.1) is 36.5 Å². The molecule has 0 spiro atoms. The van der Waals surface area contributed by atoms with Crippen molar-refractivity contribution in [2.24, 2.45) is 0 Å². The Balaban J connectivity index is 1.85. The van der Waals surface area contributed by atoms with Crippen LogP contribution in [0.15, 0.2) is 30.3 Å². The van der Waals surface area contributed by atoms with Gasteiger partial charge in [-0.25, -0.2) is 4.98 Å². The van der Waals surface area contributed by atoms with Crippen molar-refractivity contribution in [1.29, 1.82) is 0 Å². The van der Waals surface area contributed by atoms with Crippen molar-refractivity contribution in [1.82, 2.24) is 20.1 Å². The average molecular weight is 384 g/mol. The Kier molecular flexibility index (Phi) is 6.59. The van der Waals surface area contributed by atoms with E-state index in [2.05, 4.69) is 24.1 Å². The molecule has 7 nitrogen and oxygen atoms in total. The van der Waals surface area contributed by atoms with Gasteiger partial charge in [0.1, 0.15) is 6.10 Å². The lowest BCUT2D eigenvalue weighted by atomic mass is 10.0. The van der Waals surface area contributed by atoms with E-state index >= 15 is 0 Å². The molecule has 3 rings (SSSR count). The Labute approximate surface area is 165 Å². The highest BCUT2D eigenvalue weighted by atomic mass is 16.5. The Hall–Kier alpha value is -2.51. The van der Waals surface area contributed by atoms with Crippen LogP contribution in [0.25, 0.3) is 10.9 Å². The molecule has 2 amide bonds. The van der Waals surface area contributed by atoms with Crippen molar-refractivity contribution in [3.05, 3.63) is 41.6 Å². The molecule has 0 unspecified atom stereocenters. The molecule has 0 saturated carbocycles. The average Bonchev–Trinajstić information content (AvgIpc) is 2.76. The monoisotopic (exact) mass is 384 g/mol. The zero-order chi connectivity index (χ0) is 20.1. The second-order valence-corrected chi connectivity index (χ2v) is 6.85. The quantitative estimate of drug-likeness (QED) is 0.823. The third-order valence-electron chi connectivity index (χ3n) is 5.21. The third-order valence-corrected chi connectivity index (χ3v) is 5.21. The number of morpholine rings is 1. The van der Waals surface area contributed by atoms with Crippen LogP contribution in [-0.4, -0.2) is 73.0 Å². The topological polar surface area (TPSA) is 74.8 Å². The first-order valence-electron chi connectivity index (χ1n) is 9.80. The number of hydrogen-bond acceptors (Lipinski definition) is 5. The van der Waals surface area contributed by atoms with E-state index in [1.165, 1.54) is 0 Å². The lowest BCUT2D eigenvalue weighted by Crippen LogP contribution is -2.46. The minimum absolute atomic E-state index is 0.101. The fourth-order valence-electron chi connectivity index (χ4n) is 3.48. The molecule has 28 heavy (non-hydrogen) atoms. The summed E-state index contributed by atoms with van der Waals surface area (Å²) in [6, 6.07) is 9.34. The minimum Gasteiger partial charge on any atom is -0.368 e. The number of likely N-dealkylation sites (N-methyl/N-ethyl adjacent to an activating group) is 1. The van der Waals surface area contributed by atoms with E-state index < -0.39 is 0 Å². The molecular weight excluding hydrogens is 356 g/mol. The fourth-order valence-corrected chi connectivity index (χ4v) is 3.48. The van der Waals surface area contributed by atoms with Gasteiger partial charge >= 0.3 is 0 Å². The van der Waals surface area contributed by atoms with Crippen molar-refractivity contribution >= 4 is 22.7 Å². The molecule has 7 heteroatoms. The number of carbonyl (C=O) groups is 2. The van der Waals surface area contributed by atoms with Gasteiger partial charge < -0.3 is 15.0 Å². The van der Waals surface area contributed by atoms with Crippen molar-refractivity contribution < 1.29 is 14.3 Å². The number of carbonyl (C=O) groups excluding carboxylic acids is 2. The predicted molar refractivity (Wildman–Crippen MR) is 108 cm³/mol. The van der Waals surface area contributed by atoms with E-state index in [9.17, 15) is 9.59 Å². The van der Waals surface area contributed by atoms with Crippen molar-refractivity contribution in [2.45, 2.75) is 20.0 Å². The molecule has 0 radical (unpaired) electrons. The number of hydrogen-bond donors (Lipinski definition) is 1. The Morgan fingerprint density at radius 3 is 2.75 bits per heavy atom. The Bertz CT molecular complexity index is 851. The van der Waals surface area contributed by atoms with Gasteiger partial charge in [-0.3, -0.25) is 14.5 Å². The van der Waals surface area contributed by atoms with Crippen LogP contribution in [0.3, 0.4) is 0 Å². The lowest BCUT2D eigenvalue weighted by Gasteiger charge is -2.34. The van der Waals surface area contributed by atoms with Crippen molar-refractivity contribution in [3.63, 3.8) is 0 Å². The second kappa shape index (κ2) is 9.12. The largest absolute Gasteiger partial charge is 0.368 e. The summed E-state index contributed by atoms with van der Waals surface area (Å²) in [5.41, 5.74) is 1.99. The van der Waals surface area contributed by atoms with Crippen LogP contribution in [0.2, 0.25) is 0 Å². The molecule has 1 aliphatic rings.